The summed E-state index contributed by atoms with van der Waals surface area (Å²) < 4.78 is 0. The maximum Gasteiger partial charge on any atom is 0.335 e. The van der Waals surface area contributed by atoms with Gasteiger partial charge in [-0.3, -0.25) is 4.79 Å². The Balaban J connectivity index is 1.69. The van der Waals surface area contributed by atoms with Crippen molar-refractivity contribution in [1.29, 1.82) is 0 Å². The fourth-order valence-corrected chi connectivity index (χ4v) is 3.90. The molecule has 4 rings (SSSR count). The summed E-state index contributed by atoms with van der Waals surface area (Å²) in [6.07, 6.45) is 2.27. The van der Waals surface area contributed by atoms with Crippen LogP contribution in [0.4, 0.5) is 11.4 Å². The van der Waals surface area contributed by atoms with Gasteiger partial charge in [-0.15, -0.1) is 0 Å². The summed E-state index contributed by atoms with van der Waals surface area (Å²) in [5.41, 5.74) is 5.96. The Kier molecular flexibility index (Phi) is 5.53. The summed E-state index contributed by atoms with van der Waals surface area (Å²) in [4.78, 5) is 25.8. The van der Waals surface area contributed by atoms with E-state index in [2.05, 4.69) is 5.32 Å². The van der Waals surface area contributed by atoms with E-state index >= 15 is 0 Å². The van der Waals surface area contributed by atoms with E-state index in [0.29, 0.717) is 22.7 Å². The zero-order valence-electron chi connectivity index (χ0n) is 17.1. The third kappa shape index (κ3) is 4.18. The average molecular weight is 433 g/mol. The number of halogens is 1. The van der Waals surface area contributed by atoms with Crippen LogP contribution in [0.15, 0.2) is 66.7 Å². The summed E-state index contributed by atoms with van der Waals surface area (Å²) in [7, 11) is 3.97. The number of aromatic carboxylic acids is 1. The molecule has 3 aromatic carbocycles. The first-order valence-corrected chi connectivity index (χ1v) is 10.2. The number of rotatable bonds is 5. The number of amides is 1. The zero-order chi connectivity index (χ0) is 22.1. The fourth-order valence-electron chi connectivity index (χ4n) is 3.63. The summed E-state index contributed by atoms with van der Waals surface area (Å²) in [5, 5.41) is 12.6. The number of carbonyl (C=O) groups excluding carboxylic acids is 1. The van der Waals surface area contributed by atoms with Crippen molar-refractivity contribution in [3.63, 3.8) is 0 Å². The van der Waals surface area contributed by atoms with Gasteiger partial charge in [-0.25, -0.2) is 4.79 Å². The van der Waals surface area contributed by atoms with Gasteiger partial charge >= 0.3 is 5.97 Å². The largest absolute Gasteiger partial charge is 0.478 e. The quantitative estimate of drug-likeness (QED) is 0.533. The van der Waals surface area contributed by atoms with E-state index in [-0.39, 0.29) is 11.5 Å². The standard InChI is InChI=1S/C25H21ClN2O3/c1-28(2)18-9-7-16(8-10-18)20-13-21-19(24(29)27-23(21)14-22(20)26)11-6-15-4-3-5-17(12-15)25(30)31/h3-5,7-14H,6H2,1-2H3,(H,27,29)(H,30,31)/b19-11-. The van der Waals surface area contributed by atoms with Crippen molar-refractivity contribution in [2.45, 2.75) is 6.42 Å². The molecule has 1 amide bonds. The van der Waals surface area contributed by atoms with E-state index in [1.54, 1.807) is 24.3 Å². The Morgan fingerprint density at radius 3 is 2.48 bits per heavy atom. The van der Waals surface area contributed by atoms with E-state index in [4.69, 9.17) is 11.6 Å². The predicted octanol–water partition coefficient (Wildman–Crippen LogP) is 5.35. The molecule has 1 aliphatic heterocycles. The number of benzene rings is 3. The highest BCUT2D eigenvalue weighted by molar-refractivity contribution is 6.36. The maximum atomic E-state index is 12.6. The molecule has 1 aliphatic rings. The molecule has 0 unspecified atom stereocenters. The van der Waals surface area contributed by atoms with Gasteiger partial charge in [0.2, 0.25) is 0 Å². The lowest BCUT2D eigenvalue weighted by Crippen LogP contribution is -2.07. The third-order valence-corrected chi connectivity index (χ3v) is 5.61. The molecule has 0 saturated carbocycles. The van der Waals surface area contributed by atoms with Gasteiger partial charge in [0, 0.05) is 36.5 Å². The van der Waals surface area contributed by atoms with Crippen LogP contribution >= 0.6 is 11.6 Å². The molecule has 1 heterocycles. The first-order chi connectivity index (χ1) is 14.8. The molecule has 6 heteroatoms. The molecule has 0 bridgehead atoms. The highest BCUT2D eigenvalue weighted by Crippen LogP contribution is 2.40. The molecule has 0 radical (unpaired) electrons. The van der Waals surface area contributed by atoms with Crippen LogP contribution in [0, 0.1) is 0 Å². The van der Waals surface area contributed by atoms with E-state index in [1.165, 1.54) is 0 Å². The molecule has 0 saturated heterocycles. The van der Waals surface area contributed by atoms with Gasteiger partial charge in [-0.1, -0.05) is 41.9 Å². The summed E-state index contributed by atoms with van der Waals surface area (Å²) in [6.45, 7) is 0. The Morgan fingerprint density at radius 1 is 1.06 bits per heavy atom. The van der Waals surface area contributed by atoms with Gasteiger partial charge < -0.3 is 15.3 Å². The van der Waals surface area contributed by atoms with Crippen LogP contribution in [0.3, 0.4) is 0 Å². The number of carbonyl (C=O) groups is 2. The van der Waals surface area contributed by atoms with Crippen LogP contribution in [0.5, 0.6) is 0 Å². The third-order valence-electron chi connectivity index (χ3n) is 5.30. The zero-order valence-corrected chi connectivity index (χ0v) is 17.9. The maximum absolute atomic E-state index is 12.6. The minimum atomic E-state index is -0.974. The minimum absolute atomic E-state index is 0.194. The number of allylic oxidation sites excluding steroid dienone is 1. The van der Waals surface area contributed by atoms with Crippen molar-refractivity contribution in [3.8, 4) is 11.1 Å². The topological polar surface area (TPSA) is 69.6 Å². The number of hydrogen-bond donors (Lipinski definition) is 2. The predicted molar refractivity (Wildman–Crippen MR) is 125 cm³/mol. The smallest absolute Gasteiger partial charge is 0.335 e. The molecule has 0 aliphatic carbocycles. The second-order valence-electron chi connectivity index (χ2n) is 7.60. The Morgan fingerprint density at radius 2 is 1.81 bits per heavy atom. The lowest BCUT2D eigenvalue weighted by Gasteiger charge is -2.14. The fraction of sp³-hybridized carbons (Fsp3) is 0.120. The van der Waals surface area contributed by atoms with Gasteiger partial charge in [-0.05, 0) is 53.9 Å². The van der Waals surface area contributed by atoms with E-state index in [1.807, 2.05) is 61.5 Å². The highest BCUT2D eigenvalue weighted by atomic mass is 35.5. The summed E-state index contributed by atoms with van der Waals surface area (Å²) >= 11 is 6.52. The van der Waals surface area contributed by atoms with Gasteiger partial charge in [0.05, 0.1) is 16.3 Å². The molecule has 2 N–H and O–H groups in total. The molecule has 0 atom stereocenters. The first kappa shape index (κ1) is 20.7. The van der Waals surface area contributed by atoms with Crippen LogP contribution in [0.1, 0.15) is 21.5 Å². The molecule has 156 valence electrons. The van der Waals surface area contributed by atoms with Crippen LogP contribution in [0.2, 0.25) is 5.02 Å². The van der Waals surface area contributed by atoms with Crippen molar-refractivity contribution >= 4 is 40.4 Å². The lowest BCUT2D eigenvalue weighted by molar-refractivity contribution is -0.110. The lowest BCUT2D eigenvalue weighted by atomic mass is 9.97. The molecule has 0 aromatic heterocycles. The van der Waals surface area contributed by atoms with Crippen molar-refractivity contribution in [3.05, 3.63) is 88.5 Å². The monoisotopic (exact) mass is 432 g/mol. The van der Waals surface area contributed by atoms with Gasteiger partial charge in [0.25, 0.3) is 5.91 Å². The summed E-state index contributed by atoms with van der Waals surface area (Å²) in [6, 6.07) is 18.5. The molecule has 0 spiro atoms. The average Bonchev–Trinajstić information content (AvgIpc) is 3.05. The summed E-state index contributed by atoms with van der Waals surface area (Å²) in [5.74, 6) is -1.17. The second kappa shape index (κ2) is 8.28. The van der Waals surface area contributed by atoms with Gasteiger partial charge in [-0.2, -0.15) is 0 Å². The van der Waals surface area contributed by atoms with Crippen molar-refractivity contribution in [1.82, 2.24) is 0 Å². The van der Waals surface area contributed by atoms with Crippen molar-refractivity contribution in [2.75, 3.05) is 24.3 Å². The van der Waals surface area contributed by atoms with Crippen LogP contribution in [-0.2, 0) is 11.2 Å². The number of anilines is 2. The number of nitrogens with one attached hydrogen (secondary N) is 1. The number of carboxylic acid groups (broad SMARTS) is 1. The van der Waals surface area contributed by atoms with Crippen molar-refractivity contribution in [2.24, 2.45) is 0 Å². The number of hydrogen-bond acceptors (Lipinski definition) is 3. The SMILES string of the molecule is CN(C)c1ccc(-c2cc3c(cc2Cl)NC(=O)/C3=C\Cc2cccc(C(=O)O)c2)cc1. The van der Waals surface area contributed by atoms with Crippen LogP contribution in [0.25, 0.3) is 16.7 Å². The van der Waals surface area contributed by atoms with E-state index in [9.17, 15) is 14.7 Å². The van der Waals surface area contributed by atoms with Gasteiger partial charge in [0.1, 0.15) is 0 Å². The molecular weight excluding hydrogens is 412 g/mol. The molecule has 0 fully saturated rings. The Bertz CT molecular complexity index is 1210. The van der Waals surface area contributed by atoms with E-state index < -0.39 is 5.97 Å². The Hall–Kier alpha value is -3.57. The van der Waals surface area contributed by atoms with Crippen LogP contribution < -0.4 is 10.2 Å². The molecular formula is C25H21ClN2O3. The normalized spacial score (nSPS) is 13.8. The van der Waals surface area contributed by atoms with Crippen molar-refractivity contribution < 1.29 is 14.7 Å². The van der Waals surface area contributed by atoms with Gasteiger partial charge in [0.15, 0.2) is 0 Å². The highest BCUT2D eigenvalue weighted by Gasteiger charge is 2.25. The Labute approximate surface area is 185 Å². The second-order valence-corrected chi connectivity index (χ2v) is 8.01. The molecule has 31 heavy (non-hydrogen) atoms. The molecule has 3 aromatic rings. The number of carboxylic acids is 1. The number of nitrogens with zero attached hydrogens (tertiary/aromatic N) is 1. The van der Waals surface area contributed by atoms with Crippen LogP contribution in [-0.4, -0.2) is 31.1 Å². The molecule has 5 nitrogen and oxygen atoms in total. The van der Waals surface area contributed by atoms with E-state index in [0.717, 1.165) is 27.9 Å². The number of fused-ring (bicyclic) bond motifs is 1. The first-order valence-electron chi connectivity index (χ1n) is 9.79. The minimum Gasteiger partial charge on any atom is -0.478 e.